The van der Waals surface area contributed by atoms with Crippen molar-refractivity contribution in [3.63, 3.8) is 0 Å². The zero-order chi connectivity index (χ0) is 6.32. The molecule has 2 aliphatic rings. The summed E-state index contributed by atoms with van der Waals surface area (Å²) in [7, 11) is 0. The maximum Gasteiger partial charge on any atom is 0.176 e. The molecule has 2 saturated heterocycles. The fourth-order valence-electron chi connectivity index (χ4n) is 1.12. The van der Waals surface area contributed by atoms with E-state index in [9.17, 15) is 5.11 Å². The van der Waals surface area contributed by atoms with E-state index in [0.29, 0.717) is 12.5 Å². The minimum absolute atomic E-state index is 0.297. The summed E-state index contributed by atoms with van der Waals surface area (Å²) in [5.41, 5.74) is 0. The molecule has 2 fully saturated rings. The summed E-state index contributed by atoms with van der Waals surface area (Å²) in [4.78, 5) is 0. The molecular formula is C6H10NO2. The van der Waals surface area contributed by atoms with E-state index in [4.69, 9.17) is 4.74 Å². The Kier molecular flexibility index (Phi) is 1.06. The van der Waals surface area contributed by atoms with Crippen molar-refractivity contribution in [3.8, 4) is 0 Å². The maximum atomic E-state index is 9.41. The Hall–Kier alpha value is -0.120. The molecule has 0 saturated carbocycles. The van der Waals surface area contributed by atoms with Crippen LogP contribution in [0, 0.1) is 12.3 Å². The molecule has 0 aromatic rings. The highest BCUT2D eigenvalue weighted by molar-refractivity contribution is 5.02. The van der Waals surface area contributed by atoms with Gasteiger partial charge in [0.25, 0.3) is 0 Å². The molecule has 0 spiro atoms. The molecule has 51 valence electrons. The average molecular weight is 128 g/mol. The van der Waals surface area contributed by atoms with Gasteiger partial charge in [0, 0.05) is 25.4 Å². The van der Waals surface area contributed by atoms with Crippen LogP contribution in [0.2, 0.25) is 0 Å². The molecule has 9 heavy (non-hydrogen) atoms. The molecule has 2 N–H and O–H groups in total. The standard InChI is InChI=1S/C6H10NO2/c8-6(1-2-9-6)5-3-7-4-5/h1,5,7-8H,2-4H2. The average Bonchev–Trinajstić information content (AvgIpc) is 1.56. The molecule has 1 radical (unpaired) electrons. The van der Waals surface area contributed by atoms with Crippen LogP contribution in [0.3, 0.4) is 0 Å². The first kappa shape index (κ1) is 5.65. The van der Waals surface area contributed by atoms with Crippen molar-refractivity contribution >= 4 is 0 Å². The van der Waals surface area contributed by atoms with Crippen molar-refractivity contribution in [2.75, 3.05) is 19.7 Å². The second-order valence-electron chi connectivity index (χ2n) is 2.62. The Bertz CT molecular complexity index is 118. The number of aliphatic hydroxyl groups is 1. The zero-order valence-electron chi connectivity index (χ0n) is 5.13. The molecule has 3 nitrogen and oxygen atoms in total. The van der Waals surface area contributed by atoms with Gasteiger partial charge in [0.05, 0.1) is 6.61 Å². The maximum absolute atomic E-state index is 9.41. The third-order valence-corrected chi connectivity index (χ3v) is 2.06. The van der Waals surface area contributed by atoms with Gasteiger partial charge in [-0.25, -0.2) is 0 Å². The lowest BCUT2D eigenvalue weighted by Gasteiger charge is -2.46. The van der Waals surface area contributed by atoms with E-state index in [-0.39, 0.29) is 0 Å². The van der Waals surface area contributed by atoms with Crippen molar-refractivity contribution in [3.05, 3.63) is 6.42 Å². The fourth-order valence-corrected chi connectivity index (χ4v) is 1.12. The smallest absolute Gasteiger partial charge is 0.176 e. The quantitative estimate of drug-likeness (QED) is 0.482. The lowest BCUT2D eigenvalue weighted by atomic mass is 9.88. The van der Waals surface area contributed by atoms with Crippen LogP contribution < -0.4 is 5.32 Å². The summed E-state index contributed by atoms with van der Waals surface area (Å²) < 4.78 is 4.98. The van der Waals surface area contributed by atoms with Crippen LogP contribution in [0.15, 0.2) is 0 Å². The van der Waals surface area contributed by atoms with E-state index in [1.807, 2.05) is 6.42 Å². The number of nitrogens with one attached hydrogen (secondary N) is 1. The monoisotopic (exact) mass is 128 g/mol. The summed E-state index contributed by atoms with van der Waals surface area (Å²) in [5, 5.41) is 12.5. The molecular weight excluding hydrogens is 118 g/mol. The molecule has 2 heterocycles. The first-order chi connectivity index (χ1) is 4.31. The topological polar surface area (TPSA) is 41.5 Å². The third kappa shape index (κ3) is 0.689. The van der Waals surface area contributed by atoms with Crippen molar-refractivity contribution in [1.29, 1.82) is 0 Å². The van der Waals surface area contributed by atoms with Crippen LogP contribution in [0.4, 0.5) is 0 Å². The summed E-state index contributed by atoms with van der Waals surface area (Å²) in [6.45, 7) is 2.37. The van der Waals surface area contributed by atoms with E-state index in [1.54, 1.807) is 0 Å². The van der Waals surface area contributed by atoms with Gasteiger partial charge >= 0.3 is 0 Å². The van der Waals surface area contributed by atoms with Gasteiger partial charge in [-0.05, 0) is 0 Å². The Balaban J connectivity index is 1.94. The number of hydrogen-bond acceptors (Lipinski definition) is 3. The van der Waals surface area contributed by atoms with Crippen LogP contribution in [0.5, 0.6) is 0 Å². The van der Waals surface area contributed by atoms with Crippen LogP contribution in [0.25, 0.3) is 0 Å². The third-order valence-electron chi connectivity index (χ3n) is 2.06. The van der Waals surface area contributed by atoms with E-state index < -0.39 is 5.79 Å². The van der Waals surface area contributed by atoms with Crippen LogP contribution in [-0.4, -0.2) is 30.6 Å². The van der Waals surface area contributed by atoms with Crippen molar-refractivity contribution in [2.45, 2.75) is 5.79 Å². The second kappa shape index (κ2) is 1.68. The molecule has 2 rings (SSSR count). The van der Waals surface area contributed by atoms with E-state index in [0.717, 1.165) is 13.1 Å². The van der Waals surface area contributed by atoms with Gasteiger partial charge in [0.1, 0.15) is 0 Å². The SMILES string of the molecule is OC1(C2CNC2)[CH]CO1. The highest BCUT2D eigenvalue weighted by atomic mass is 16.6. The Labute approximate surface area is 54.0 Å². The molecule has 0 aliphatic carbocycles. The van der Waals surface area contributed by atoms with E-state index in [1.165, 1.54) is 0 Å². The molecule has 0 amide bonds. The molecule has 1 atom stereocenters. The predicted octanol–water partition coefficient (Wildman–Crippen LogP) is -0.871. The van der Waals surface area contributed by atoms with Crippen LogP contribution in [-0.2, 0) is 4.74 Å². The summed E-state index contributed by atoms with van der Waals surface area (Å²) in [6, 6.07) is 0. The normalized spacial score (nSPS) is 43.7. The first-order valence-corrected chi connectivity index (χ1v) is 3.23. The van der Waals surface area contributed by atoms with Gasteiger partial charge in [-0.1, -0.05) is 0 Å². The highest BCUT2D eigenvalue weighted by Gasteiger charge is 2.46. The zero-order valence-corrected chi connectivity index (χ0v) is 5.13. The molecule has 0 aromatic heterocycles. The molecule has 0 bridgehead atoms. The Morgan fingerprint density at radius 2 is 2.33 bits per heavy atom. The minimum atomic E-state index is -0.870. The largest absolute Gasteiger partial charge is 0.365 e. The summed E-state index contributed by atoms with van der Waals surface area (Å²) >= 11 is 0. The summed E-state index contributed by atoms with van der Waals surface area (Å²) in [5.74, 6) is -0.572. The first-order valence-electron chi connectivity index (χ1n) is 3.23. The van der Waals surface area contributed by atoms with E-state index >= 15 is 0 Å². The number of ether oxygens (including phenoxy) is 1. The molecule has 1 unspecified atom stereocenters. The molecule has 3 heteroatoms. The Morgan fingerprint density at radius 3 is 2.44 bits per heavy atom. The molecule has 0 aromatic carbocycles. The Morgan fingerprint density at radius 1 is 1.67 bits per heavy atom. The van der Waals surface area contributed by atoms with Crippen molar-refractivity contribution in [2.24, 2.45) is 5.92 Å². The number of hydrogen-bond donors (Lipinski definition) is 2. The van der Waals surface area contributed by atoms with Gasteiger partial charge in [-0.2, -0.15) is 0 Å². The lowest BCUT2D eigenvalue weighted by molar-refractivity contribution is -0.272. The highest BCUT2D eigenvalue weighted by Crippen LogP contribution is 2.32. The van der Waals surface area contributed by atoms with Gasteiger partial charge in [0.15, 0.2) is 5.79 Å². The minimum Gasteiger partial charge on any atom is -0.365 e. The van der Waals surface area contributed by atoms with Crippen LogP contribution in [0.1, 0.15) is 0 Å². The lowest BCUT2D eigenvalue weighted by Crippen LogP contribution is -2.62. The van der Waals surface area contributed by atoms with Crippen molar-refractivity contribution in [1.82, 2.24) is 5.32 Å². The van der Waals surface area contributed by atoms with Gasteiger partial charge in [-0.3, -0.25) is 0 Å². The fraction of sp³-hybridized carbons (Fsp3) is 0.833. The van der Waals surface area contributed by atoms with Gasteiger partial charge < -0.3 is 15.2 Å². The van der Waals surface area contributed by atoms with Gasteiger partial charge in [0.2, 0.25) is 0 Å². The van der Waals surface area contributed by atoms with Gasteiger partial charge in [-0.15, -0.1) is 0 Å². The second-order valence-corrected chi connectivity index (χ2v) is 2.62. The number of rotatable bonds is 1. The molecule has 2 aliphatic heterocycles. The van der Waals surface area contributed by atoms with Crippen LogP contribution >= 0.6 is 0 Å². The van der Waals surface area contributed by atoms with Crippen molar-refractivity contribution < 1.29 is 9.84 Å². The predicted molar refractivity (Wildman–Crippen MR) is 31.6 cm³/mol. The summed E-state index contributed by atoms with van der Waals surface area (Å²) in [6.07, 6.45) is 1.82. The van der Waals surface area contributed by atoms with E-state index in [2.05, 4.69) is 5.32 Å².